The topological polar surface area (TPSA) is 92.7 Å². The van der Waals surface area contributed by atoms with E-state index in [9.17, 15) is 22.8 Å². The Morgan fingerprint density at radius 1 is 1.16 bits per heavy atom. The minimum absolute atomic E-state index is 0.0324. The van der Waals surface area contributed by atoms with Crippen LogP contribution in [0.5, 0.6) is 0 Å². The Labute approximate surface area is 183 Å². The summed E-state index contributed by atoms with van der Waals surface area (Å²) in [5, 5.41) is 8.97. The molecule has 0 unspecified atom stereocenters. The first-order chi connectivity index (χ1) is 15.1. The van der Waals surface area contributed by atoms with Crippen LogP contribution in [0.3, 0.4) is 0 Å². The monoisotopic (exact) mass is 459 g/mol. The fraction of sp³-hybridized carbons (Fsp3) is 0.143. The molecule has 1 amide bonds. The molecule has 0 spiro atoms. The molecule has 164 valence electrons. The van der Waals surface area contributed by atoms with Gasteiger partial charge in [0.25, 0.3) is 11.5 Å². The number of nitrogens with one attached hydrogen (secondary N) is 2. The summed E-state index contributed by atoms with van der Waals surface area (Å²) in [5.74, 6) is -0.336. The van der Waals surface area contributed by atoms with Crippen LogP contribution in [0, 0.1) is 13.8 Å². The van der Waals surface area contributed by atoms with Crippen molar-refractivity contribution in [2.45, 2.75) is 20.0 Å². The molecule has 0 aliphatic carbocycles. The van der Waals surface area contributed by atoms with E-state index < -0.39 is 17.6 Å². The zero-order chi connectivity index (χ0) is 23.0. The molecule has 0 fully saturated rings. The third-order valence-electron chi connectivity index (χ3n) is 4.78. The molecule has 0 radical (unpaired) electrons. The van der Waals surface area contributed by atoms with Crippen molar-refractivity contribution in [2.24, 2.45) is 0 Å². The van der Waals surface area contributed by atoms with Crippen LogP contribution in [-0.4, -0.2) is 25.7 Å². The number of carbonyl (C=O) groups is 1. The van der Waals surface area contributed by atoms with Crippen molar-refractivity contribution in [3.05, 3.63) is 80.6 Å². The molecule has 1 aromatic carbocycles. The third kappa shape index (κ3) is 4.19. The maximum atomic E-state index is 12.8. The van der Waals surface area contributed by atoms with E-state index in [-0.39, 0.29) is 22.9 Å². The SMILES string of the molecule is Cc1nc(-n2nc(-c3cccs3)cc2NC(=O)c2ccc(C(F)(F)F)cc2)[nH]c(=O)c1C. The van der Waals surface area contributed by atoms with Crippen LogP contribution in [0.1, 0.15) is 27.2 Å². The number of anilines is 1. The number of thiophene rings is 1. The maximum Gasteiger partial charge on any atom is 0.416 e. The number of alkyl halides is 3. The van der Waals surface area contributed by atoms with Crippen molar-refractivity contribution < 1.29 is 18.0 Å². The van der Waals surface area contributed by atoms with Gasteiger partial charge in [0, 0.05) is 22.9 Å². The standard InChI is InChI=1S/C21H16F3N5O2S/c1-11-12(2)25-20(27-18(11)30)29-17(10-15(28-29)16-4-3-9-32-16)26-19(31)13-5-7-14(8-6-13)21(22,23)24/h3-10H,1-2H3,(H,26,31)(H,25,27,30). The van der Waals surface area contributed by atoms with Gasteiger partial charge < -0.3 is 5.32 Å². The Hall–Kier alpha value is -3.73. The van der Waals surface area contributed by atoms with Gasteiger partial charge in [0.15, 0.2) is 0 Å². The fourth-order valence-corrected chi connectivity index (χ4v) is 3.59. The third-order valence-corrected chi connectivity index (χ3v) is 5.67. The summed E-state index contributed by atoms with van der Waals surface area (Å²) in [6.45, 7) is 3.32. The van der Waals surface area contributed by atoms with Gasteiger partial charge in [0.2, 0.25) is 5.95 Å². The number of aromatic nitrogens is 4. The van der Waals surface area contributed by atoms with Crippen LogP contribution in [0.2, 0.25) is 0 Å². The second-order valence-electron chi connectivity index (χ2n) is 6.93. The molecule has 4 rings (SSSR count). The summed E-state index contributed by atoms with van der Waals surface area (Å²) >= 11 is 1.43. The highest BCUT2D eigenvalue weighted by molar-refractivity contribution is 7.13. The van der Waals surface area contributed by atoms with Crippen LogP contribution in [-0.2, 0) is 6.18 Å². The molecule has 0 saturated carbocycles. The summed E-state index contributed by atoms with van der Waals surface area (Å²) in [7, 11) is 0. The van der Waals surface area contributed by atoms with Gasteiger partial charge in [-0.1, -0.05) is 6.07 Å². The highest BCUT2D eigenvalue weighted by Crippen LogP contribution is 2.30. The fourth-order valence-electron chi connectivity index (χ4n) is 2.91. The van der Waals surface area contributed by atoms with Crippen LogP contribution < -0.4 is 10.9 Å². The predicted octanol–water partition coefficient (Wildman–Crippen LogP) is 4.57. The van der Waals surface area contributed by atoms with E-state index in [2.05, 4.69) is 20.4 Å². The van der Waals surface area contributed by atoms with Crippen molar-refractivity contribution in [3.8, 4) is 16.5 Å². The normalized spacial score (nSPS) is 11.5. The lowest BCUT2D eigenvalue weighted by Crippen LogP contribution is -2.21. The zero-order valence-electron chi connectivity index (χ0n) is 16.8. The Balaban J connectivity index is 1.73. The van der Waals surface area contributed by atoms with Gasteiger partial charge in [-0.3, -0.25) is 14.6 Å². The highest BCUT2D eigenvalue weighted by Gasteiger charge is 2.30. The molecule has 2 N–H and O–H groups in total. The molecule has 0 aliphatic rings. The first-order valence-electron chi connectivity index (χ1n) is 9.34. The zero-order valence-corrected chi connectivity index (χ0v) is 17.6. The van der Waals surface area contributed by atoms with Gasteiger partial charge in [-0.2, -0.15) is 23.0 Å². The number of aromatic amines is 1. The van der Waals surface area contributed by atoms with Crippen LogP contribution in [0.15, 0.2) is 52.6 Å². The van der Waals surface area contributed by atoms with Crippen molar-refractivity contribution in [1.29, 1.82) is 0 Å². The van der Waals surface area contributed by atoms with Crippen LogP contribution >= 0.6 is 11.3 Å². The Kier molecular flexibility index (Phi) is 5.43. The molecule has 11 heteroatoms. The molecule has 0 bridgehead atoms. The van der Waals surface area contributed by atoms with E-state index in [4.69, 9.17) is 0 Å². The molecule has 0 saturated heterocycles. The summed E-state index contributed by atoms with van der Waals surface area (Å²) in [6.07, 6.45) is -4.50. The van der Waals surface area contributed by atoms with E-state index in [1.165, 1.54) is 16.0 Å². The van der Waals surface area contributed by atoms with Gasteiger partial charge in [-0.25, -0.2) is 4.98 Å². The first kappa shape index (κ1) is 21.5. The second-order valence-corrected chi connectivity index (χ2v) is 7.88. The molecule has 3 heterocycles. The van der Waals surface area contributed by atoms with E-state index >= 15 is 0 Å². The lowest BCUT2D eigenvalue weighted by molar-refractivity contribution is -0.137. The molecule has 0 aliphatic heterocycles. The smallest absolute Gasteiger partial charge is 0.306 e. The number of amides is 1. The Morgan fingerprint density at radius 2 is 1.88 bits per heavy atom. The van der Waals surface area contributed by atoms with Gasteiger partial charge in [0.05, 0.1) is 10.4 Å². The number of carbonyl (C=O) groups excluding carboxylic acids is 1. The lowest BCUT2D eigenvalue weighted by atomic mass is 10.1. The largest absolute Gasteiger partial charge is 0.416 e. The van der Waals surface area contributed by atoms with E-state index in [1.807, 2.05) is 17.5 Å². The van der Waals surface area contributed by atoms with Gasteiger partial charge in [-0.15, -0.1) is 11.3 Å². The van der Waals surface area contributed by atoms with Crippen LogP contribution in [0.4, 0.5) is 19.0 Å². The molecule has 32 heavy (non-hydrogen) atoms. The first-order valence-corrected chi connectivity index (χ1v) is 10.2. The number of halogens is 3. The van der Waals surface area contributed by atoms with Crippen LogP contribution in [0.25, 0.3) is 16.5 Å². The minimum atomic E-state index is -4.50. The summed E-state index contributed by atoms with van der Waals surface area (Å²) in [6, 6.07) is 9.15. The van der Waals surface area contributed by atoms with Gasteiger partial charge in [-0.05, 0) is 49.6 Å². The average molecular weight is 459 g/mol. The molecule has 0 atom stereocenters. The Bertz CT molecular complexity index is 1340. The van der Waals surface area contributed by atoms with Crippen molar-refractivity contribution in [1.82, 2.24) is 19.7 Å². The van der Waals surface area contributed by atoms with Crippen molar-refractivity contribution in [3.63, 3.8) is 0 Å². The number of aryl methyl sites for hydroxylation is 1. The quantitative estimate of drug-likeness (QED) is 0.468. The van der Waals surface area contributed by atoms with E-state index in [1.54, 1.807) is 19.9 Å². The Morgan fingerprint density at radius 3 is 2.47 bits per heavy atom. The summed E-state index contributed by atoms with van der Waals surface area (Å²) in [5.41, 5.74) is 0.317. The highest BCUT2D eigenvalue weighted by atomic mass is 32.1. The average Bonchev–Trinajstić information content (AvgIpc) is 3.41. The van der Waals surface area contributed by atoms with Crippen molar-refractivity contribution in [2.75, 3.05) is 5.32 Å². The second kappa shape index (κ2) is 8.08. The number of hydrogen-bond acceptors (Lipinski definition) is 5. The predicted molar refractivity (Wildman–Crippen MR) is 114 cm³/mol. The molecular weight excluding hydrogens is 443 g/mol. The molecule has 4 aromatic rings. The van der Waals surface area contributed by atoms with E-state index in [0.29, 0.717) is 17.0 Å². The van der Waals surface area contributed by atoms with Gasteiger partial charge >= 0.3 is 6.18 Å². The molecule has 7 nitrogen and oxygen atoms in total. The number of nitrogens with zero attached hydrogens (tertiary/aromatic N) is 3. The maximum absolute atomic E-state index is 12.8. The lowest BCUT2D eigenvalue weighted by Gasteiger charge is -2.10. The number of H-pyrrole nitrogens is 1. The molecular formula is C21H16F3N5O2S. The summed E-state index contributed by atoms with van der Waals surface area (Å²) in [4.78, 5) is 32.7. The number of rotatable bonds is 4. The minimum Gasteiger partial charge on any atom is -0.306 e. The van der Waals surface area contributed by atoms with Crippen molar-refractivity contribution >= 4 is 23.1 Å². The number of hydrogen-bond donors (Lipinski definition) is 2. The number of benzene rings is 1. The van der Waals surface area contributed by atoms with Gasteiger partial charge in [0.1, 0.15) is 11.5 Å². The summed E-state index contributed by atoms with van der Waals surface area (Å²) < 4.78 is 39.7. The molecule has 3 aromatic heterocycles. The van der Waals surface area contributed by atoms with E-state index in [0.717, 1.165) is 29.1 Å².